The second kappa shape index (κ2) is 10.7. The van der Waals surface area contributed by atoms with E-state index >= 15 is 0 Å². The van der Waals surface area contributed by atoms with Crippen molar-refractivity contribution in [3.8, 4) is 0 Å². The van der Waals surface area contributed by atoms with Crippen molar-refractivity contribution in [1.82, 2.24) is 9.73 Å². The molecular weight excluding hydrogens is 453 g/mol. The van der Waals surface area contributed by atoms with Crippen molar-refractivity contribution < 1.29 is 17.6 Å². The molecule has 0 aliphatic rings. The average Bonchev–Trinajstić information content (AvgIpc) is 2.74. The first-order valence-corrected chi connectivity index (χ1v) is 12.2. The van der Waals surface area contributed by atoms with Gasteiger partial charge in [0.15, 0.2) is 0 Å². The Kier molecular flexibility index (Phi) is 7.96. The first-order valence-electron chi connectivity index (χ1n) is 10.8. The van der Waals surface area contributed by atoms with Crippen LogP contribution in [0.5, 0.6) is 0 Å². The van der Waals surface area contributed by atoms with Crippen molar-refractivity contribution in [2.45, 2.75) is 39.1 Å². The second-order valence-corrected chi connectivity index (χ2v) is 10.2. The number of hydrogen-bond donors (Lipinski definition) is 1. The van der Waals surface area contributed by atoms with Crippen LogP contribution < -0.4 is 5.43 Å². The van der Waals surface area contributed by atoms with Crippen LogP contribution in [0.4, 0.5) is 4.39 Å². The van der Waals surface area contributed by atoms with Gasteiger partial charge in [-0.15, -0.1) is 0 Å². The summed E-state index contributed by atoms with van der Waals surface area (Å²) in [7, 11) is -3.99. The molecule has 0 saturated heterocycles. The molecule has 0 aliphatic heterocycles. The topological polar surface area (TPSA) is 78.8 Å². The van der Waals surface area contributed by atoms with Gasteiger partial charge in [-0.25, -0.2) is 18.2 Å². The number of hydrogen-bond acceptors (Lipinski definition) is 4. The van der Waals surface area contributed by atoms with Gasteiger partial charge in [0.2, 0.25) is 10.0 Å². The molecule has 0 fully saturated rings. The Balaban J connectivity index is 1.87. The molecular formula is C26H28FN3O3S. The molecule has 3 aromatic rings. The van der Waals surface area contributed by atoms with Crippen molar-refractivity contribution >= 4 is 22.1 Å². The fraction of sp³-hybridized carbons (Fsp3) is 0.231. The number of rotatable bonds is 8. The fourth-order valence-corrected chi connectivity index (χ4v) is 5.58. The number of sulfonamides is 1. The van der Waals surface area contributed by atoms with Crippen LogP contribution in [0.3, 0.4) is 0 Å². The largest absolute Gasteiger partial charge is 0.272 e. The standard InChI is InChI=1S/C26H28FN3O3S/c1-18-8-10-22(11-9-18)16-30(34(32,33)26-20(3)12-19(2)13-21(26)4)17-25(31)29-28-15-23-6-5-7-24(27)14-23/h5-15H,16-17H2,1-4H3,(H,29,31)/b28-15+. The maximum Gasteiger partial charge on any atom is 0.255 e. The normalized spacial score (nSPS) is 11.8. The first kappa shape index (κ1) is 25.3. The number of hydrazone groups is 1. The number of nitrogens with one attached hydrogen (secondary N) is 1. The summed E-state index contributed by atoms with van der Waals surface area (Å²) in [6.45, 7) is 6.95. The van der Waals surface area contributed by atoms with E-state index in [1.807, 2.05) is 50.2 Å². The number of halogens is 1. The van der Waals surface area contributed by atoms with Gasteiger partial charge in [-0.1, -0.05) is 59.7 Å². The molecule has 0 bridgehead atoms. The maximum atomic E-state index is 13.7. The average molecular weight is 482 g/mol. The van der Waals surface area contributed by atoms with Gasteiger partial charge in [0.1, 0.15) is 5.82 Å². The SMILES string of the molecule is Cc1ccc(CN(CC(=O)N/N=C/c2cccc(F)c2)S(=O)(=O)c2c(C)cc(C)cc2C)cc1. The van der Waals surface area contributed by atoms with Crippen molar-refractivity contribution in [3.63, 3.8) is 0 Å². The third kappa shape index (κ3) is 6.36. The summed E-state index contributed by atoms with van der Waals surface area (Å²) in [5.41, 5.74) is 6.82. The van der Waals surface area contributed by atoms with Gasteiger partial charge in [0.05, 0.1) is 17.7 Å². The van der Waals surface area contributed by atoms with Crippen LogP contribution in [0.25, 0.3) is 0 Å². The first-order chi connectivity index (χ1) is 16.1. The van der Waals surface area contributed by atoms with E-state index < -0.39 is 28.3 Å². The Morgan fingerprint density at radius 3 is 2.24 bits per heavy atom. The molecule has 34 heavy (non-hydrogen) atoms. The summed E-state index contributed by atoms with van der Waals surface area (Å²) in [4.78, 5) is 12.8. The molecule has 0 aliphatic carbocycles. The lowest BCUT2D eigenvalue weighted by molar-refractivity contribution is -0.121. The number of amides is 1. The van der Waals surface area contributed by atoms with E-state index in [1.165, 1.54) is 24.4 Å². The zero-order valence-corrected chi connectivity index (χ0v) is 20.5. The van der Waals surface area contributed by atoms with Crippen molar-refractivity contribution in [2.75, 3.05) is 6.54 Å². The van der Waals surface area contributed by atoms with Crippen molar-refractivity contribution in [3.05, 3.63) is 99.9 Å². The molecule has 3 rings (SSSR count). The summed E-state index contributed by atoms with van der Waals surface area (Å²) < 4.78 is 41.8. The third-order valence-corrected chi connectivity index (χ3v) is 7.35. The third-order valence-electron chi connectivity index (χ3n) is 5.25. The lowest BCUT2D eigenvalue weighted by Crippen LogP contribution is -2.39. The lowest BCUT2D eigenvalue weighted by Gasteiger charge is -2.24. The highest BCUT2D eigenvalue weighted by Crippen LogP contribution is 2.26. The van der Waals surface area contributed by atoms with Crippen LogP contribution in [0, 0.1) is 33.5 Å². The van der Waals surface area contributed by atoms with E-state index in [-0.39, 0.29) is 11.4 Å². The van der Waals surface area contributed by atoms with Crippen LogP contribution in [0.15, 0.2) is 70.7 Å². The van der Waals surface area contributed by atoms with E-state index in [2.05, 4.69) is 10.5 Å². The van der Waals surface area contributed by atoms with Gasteiger partial charge >= 0.3 is 0 Å². The Bertz CT molecular complexity index is 1300. The molecule has 0 radical (unpaired) electrons. The molecule has 1 N–H and O–H groups in total. The van der Waals surface area contributed by atoms with Gasteiger partial charge < -0.3 is 0 Å². The molecule has 3 aromatic carbocycles. The minimum absolute atomic E-state index is 0.0242. The number of benzene rings is 3. The molecule has 1 amide bonds. The molecule has 0 heterocycles. The number of aryl methyl sites for hydroxylation is 4. The quantitative estimate of drug-likeness (QED) is 0.383. The molecule has 8 heteroatoms. The Labute approximate surface area is 200 Å². The van der Waals surface area contributed by atoms with Gasteiger partial charge in [0.25, 0.3) is 5.91 Å². The summed E-state index contributed by atoms with van der Waals surface area (Å²) >= 11 is 0. The number of carbonyl (C=O) groups excluding carboxylic acids is 1. The number of carbonyl (C=O) groups is 1. The smallest absolute Gasteiger partial charge is 0.255 e. The van der Waals surface area contributed by atoms with Gasteiger partial charge in [-0.05, 0) is 62.1 Å². The van der Waals surface area contributed by atoms with Crippen molar-refractivity contribution in [1.29, 1.82) is 0 Å². The lowest BCUT2D eigenvalue weighted by atomic mass is 10.1. The Morgan fingerprint density at radius 1 is 0.971 bits per heavy atom. The fourth-order valence-electron chi connectivity index (χ4n) is 3.79. The number of nitrogens with zero attached hydrogens (tertiary/aromatic N) is 2. The highest BCUT2D eigenvalue weighted by atomic mass is 32.2. The molecule has 0 atom stereocenters. The molecule has 6 nitrogen and oxygen atoms in total. The molecule has 0 spiro atoms. The maximum absolute atomic E-state index is 13.7. The monoisotopic (exact) mass is 481 g/mol. The second-order valence-electron chi connectivity index (χ2n) is 8.33. The highest BCUT2D eigenvalue weighted by Gasteiger charge is 2.30. The van der Waals surface area contributed by atoms with Crippen LogP contribution in [0.1, 0.15) is 33.4 Å². The minimum atomic E-state index is -3.99. The van der Waals surface area contributed by atoms with E-state index in [0.29, 0.717) is 16.7 Å². The molecule has 0 unspecified atom stereocenters. The van der Waals surface area contributed by atoms with Gasteiger partial charge in [-0.3, -0.25) is 4.79 Å². The van der Waals surface area contributed by atoms with E-state index in [0.717, 1.165) is 21.0 Å². The summed E-state index contributed by atoms with van der Waals surface area (Å²) in [5, 5.41) is 3.84. The minimum Gasteiger partial charge on any atom is -0.272 e. The van der Waals surface area contributed by atoms with Crippen LogP contribution in [0.2, 0.25) is 0 Å². The summed E-state index contributed by atoms with van der Waals surface area (Å²) in [6.07, 6.45) is 1.30. The Morgan fingerprint density at radius 2 is 1.62 bits per heavy atom. The van der Waals surface area contributed by atoms with Crippen LogP contribution in [-0.4, -0.2) is 31.4 Å². The Hall–Kier alpha value is -3.36. The molecule has 0 aromatic heterocycles. The summed E-state index contributed by atoms with van der Waals surface area (Å²) in [6, 6.07) is 16.8. The van der Waals surface area contributed by atoms with E-state index in [9.17, 15) is 17.6 Å². The predicted molar refractivity (Wildman–Crippen MR) is 132 cm³/mol. The zero-order chi connectivity index (χ0) is 24.9. The predicted octanol–water partition coefficient (Wildman–Crippen LogP) is 4.40. The molecule has 0 saturated carbocycles. The van der Waals surface area contributed by atoms with E-state index in [1.54, 1.807) is 19.9 Å². The summed E-state index contributed by atoms with van der Waals surface area (Å²) in [5.74, 6) is -1.03. The van der Waals surface area contributed by atoms with E-state index in [4.69, 9.17) is 0 Å². The zero-order valence-electron chi connectivity index (χ0n) is 19.7. The van der Waals surface area contributed by atoms with Crippen LogP contribution in [-0.2, 0) is 21.4 Å². The van der Waals surface area contributed by atoms with Crippen LogP contribution >= 0.6 is 0 Å². The van der Waals surface area contributed by atoms with Crippen molar-refractivity contribution in [2.24, 2.45) is 5.10 Å². The van der Waals surface area contributed by atoms with Gasteiger partial charge in [0, 0.05) is 6.54 Å². The highest BCUT2D eigenvalue weighted by molar-refractivity contribution is 7.89. The van der Waals surface area contributed by atoms with Gasteiger partial charge in [-0.2, -0.15) is 9.41 Å². The molecule has 178 valence electrons.